The number of hydrogen-bond acceptors (Lipinski definition) is 10. The van der Waals surface area contributed by atoms with Crippen molar-refractivity contribution < 1.29 is 49.0 Å². The zero-order chi connectivity index (χ0) is 38.8. The molecular weight excluding hydrogens is 676 g/mol. The summed E-state index contributed by atoms with van der Waals surface area (Å²) < 4.78 is 22.1. The van der Waals surface area contributed by atoms with Gasteiger partial charge in [0.1, 0.15) is 31.0 Å². The number of aliphatic hydroxyl groups excluding tert-OH is 4. The summed E-state index contributed by atoms with van der Waals surface area (Å²) in [6, 6.07) is 0. The van der Waals surface area contributed by atoms with E-state index in [1.165, 1.54) is 116 Å². The molecule has 1 aliphatic rings. The number of ether oxygens (including phenoxy) is 4. The highest BCUT2D eigenvalue weighted by Gasteiger charge is 2.44. The molecule has 312 valence electrons. The molecule has 0 aromatic carbocycles. The molecule has 1 fully saturated rings. The molecule has 0 spiro atoms. The lowest BCUT2D eigenvalue weighted by atomic mass is 9.99. The fraction of sp³-hybridized carbons (Fsp3) is 0.907. The van der Waals surface area contributed by atoms with Gasteiger partial charge in [0.15, 0.2) is 12.4 Å². The Labute approximate surface area is 322 Å². The van der Waals surface area contributed by atoms with Gasteiger partial charge in [-0.3, -0.25) is 9.59 Å². The number of unbranched alkanes of at least 4 members (excludes halogenated alkanes) is 23. The zero-order valence-corrected chi connectivity index (χ0v) is 33.8. The molecule has 10 heteroatoms. The lowest BCUT2D eigenvalue weighted by Crippen LogP contribution is -2.59. The van der Waals surface area contributed by atoms with Crippen LogP contribution in [0.3, 0.4) is 0 Å². The van der Waals surface area contributed by atoms with Gasteiger partial charge in [0, 0.05) is 12.8 Å². The molecule has 10 nitrogen and oxygen atoms in total. The van der Waals surface area contributed by atoms with Crippen molar-refractivity contribution in [2.45, 2.75) is 230 Å². The average molecular weight is 757 g/mol. The predicted molar refractivity (Wildman–Crippen MR) is 210 cm³/mol. The van der Waals surface area contributed by atoms with Gasteiger partial charge in [-0.25, -0.2) is 0 Å². The number of hydrogen-bond donors (Lipinski definition) is 4. The summed E-state index contributed by atoms with van der Waals surface area (Å²) in [5.41, 5.74) is 0. The largest absolute Gasteiger partial charge is 0.462 e. The van der Waals surface area contributed by atoms with E-state index in [4.69, 9.17) is 18.9 Å². The number of allylic oxidation sites excluding steroid dienone is 2. The van der Waals surface area contributed by atoms with Crippen molar-refractivity contribution in [3.8, 4) is 0 Å². The zero-order valence-electron chi connectivity index (χ0n) is 33.8. The third-order valence-electron chi connectivity index (χ3n) is 10.2. The average Bonchev–Trinajstić information content (AvgIpc) is 3.15. The van der Waals surface area contributed by atoms with Crippen LogP contribution in [0.4, 0.5) is 0 Å². The molecule has 0 aliphatic carbocycles. The van der Waals surface area contributed by atoms with Gasteiger partial charge in [-0.2, -0.15) is 0 Å². The van der Waals surface area contributed by atoms with Gasteiger partial charge in [0.25, 0.3) is 0 Å². The van der Waals surface area contributed by atoms with Gasteiger partial charge in [-0.05, 0) is 38.5 Å². The van der Waals surface area contributed by atoms with Crippen molar-refractivity contribution in [1.29, 1.82) is 0 Å². The molecule has 0 aromatic heterocycles. The molecule has 0 bridgehead atoms. The quantitative estimate of drug-likeness (QED) is 0.0277. The first-order chi connectivity index (χ1) is 25.8. The molecule has 1 heterocycles. The van der Waals surface area contributed by atoms with Crippen LogP contribution in [0, 0.1) is 0 Å². The molecule has 1 saturated heterocycles. The Morgan fingerprint density at radius 2 is 1.00 bits per heavy atom. The summed E-state index contributed by atoms with van der Waals surface area (Å²) >= 11 is 0. The second-order valence-corrected chi connectivity index (χ2v) is 15.2. The van der Waals surface area contributed by atoms with Crippen LogP contribution in [0.5, 0.6) is 0 Å². The standard InChI is InChI=1S/C43H80O10/c1-3-5-7-9-11-13-15-17-18-20-22-24-26-28-30-32-39(46)52-36(35-51-43-42(49)41(48)40(47)37(33-44)53-43)34-50-38(45)31-29-27-25-23-21-19-16-14-12-10-8-6-4-2/h13,15,36-37,40-44,47-49H,3-12,14,16-35H2,1-2H3/b15-13-/t36-,37-,40+,41+,42-,43+/m1/s1. The van der Waals surface area contributed by atoms with Crippen molar-refractivity contribution >= 4 is 11.9 Å². The summed E-state index contributed by atoms with van der Waals surface area (Å²) in [5, 5.41) is 40.0. The van der Waals surface area contributed by atoms with Crippen molar-refractivity contribution in [3.63, 3.8) is 0 Å². The number of carbonyl (C=O) groups is 2. The topological polar surface area (TPSA) is 152 Å². The van der Waals surface area contributed by atoms with Crippen LogP contribution in [-0.4, -0.2) is 89.0 Å². The molecule has 0 aromatic rings. The van der Waals surface area contributed by atoms with Gasteiger partial charge in [0.05, 0.1) is 13.2 Å². The second kappa shape index (κ2) is 34.9. The van der Waals surface area contributed by atoms with Crippen LogP contribution in [0.25, 0.3) is 0 Å². The van der Waals surface area contributed by atoms with Crippen LogP contribution >= 0.6 is 0 Å². The van der Waals surface area contributed by atoms with Gasteiger partial charge in [0.2, 0.25) is 0 Å². The van der Waals surface area contributed by atoms with E-state index in [0.717, 1.165) is 44.9 Å². The Morgan fingerprint density at radius 1 is 0.566 bits per heavy atom. The third-order valence-corrected chi connectivity index (χ3v) is 10.2. The molecular formula is C43H80O10. The van der Waals surface area contributed by atoms with Crippen molar-refractivity contribution in [1.82, 2.24) is 0 Å². The molecule has 53 heavy (non-hydrogen) atoms. The fourth-order valence-corrected chi connectivity index (χ4v) is 6.65. The smallest absolute Gasteiger partial charge is 0.306 e. The molecule has 0 saturated carbocycles. The van der Waals surface area contributed by atoms with E-state index in [1.807, 2.05) is 0 Å². The highest BCUT2D eigenvalue weighted by molar-refractivity contribution is 5.70. The number of esters is 2. The van der Waals surface area contributed by atoms with Crippen molar-refractivity contribution in [2.75, 3.05) is 19.8 Å². The van der Waals surface area contributed by atoms with E-state index in [1.54, 1.807) is 0 Å². The van der Waals surface area contributed by atoms with Gasteiger partial charge in [-0.15, -0.1) is 0 Å². The molecule has 1 rings (SSSR count). The molecule has 0 radical (unpaired) electrons. The Balaban J connectivity index is 2.34. The summed E-state index contributed by atoms with van der Waals surface area (Å²) in [5.74, 6) is -0.804. The van der Waals surface area contributed by atoms with Gasteiger partial charge in [-0.1, -0.05) is 154 Å². The lowest BCUT2D eigenvalue weighted by molar-refractivity contribution is -0.305. The Morgan fingerprint density at radius 3 is 1.49 bits per heavy atom. The maximum absolute atomic E-state index is 12.7. The SMILES string of the molecule is CCCCCC/C=C\CCCCCCCCCC(=O)O[C@H](COC(=O)CCCCCCCCCCCCCCC)CO[C@H]1O[C@H](CO)[C@H](O)[C@H](O)[C@H]1O. The van der Waals surface area contributed by atoms with Crippen molar-refractivity contribution in [2.24, 2.45) is 0 Å². The first-order valence-corrected chi connectivity index (χ1v) is 21.8. The first-order valence-electron chi connectivity index (χ1n) is 21.8. The first kappa shape index (κ1) is 49.5. The van der Waals surface area contributed by atoms with E-state index < -0.39 is 49.4 Å². The number of aliphatic hydroxyl groups is 4. The maximum Gasteiger partial charge on any atom is 0.306 e. The Hall–Kier alpha value is -1.56. The van der Waals surface area contributed by atoms with E-state index >= 15 is 0 Å². The summed E-state index contributed by atoms with van der Waals surface area (Å²) in [6.45, 7) is 3.41. The summed E-state index contributed by atoms with van der Waals surface area (Å²) in [4.78, 5) is 25.3. The van der Waals surface area contributed by atoms with Crippen LogP contribution in [0.1, 0.15) is 194 Å². The molecule has 1 aliphatic heterocycles. The van der Waals surface area contributed by atoms with Crippen LogP contribution in [0.15, 0.2) is 12.2 Å². The lowest BCUT2D eigenvalue weighted by Gasteiger charge is -2.39. The van der Waals surface area contributed by atoms with Crippen LogP contribution in [0.2, 0.25) is 0 Å². The van der Waals surface area contributed by atoms with Crippen LogP contribution in [-0.2, 0) is 28.5 Å². The van der Waals surface area contributed by atoms with E-state index in [2.05, 4.69) is 26.0 Å². The maximum atomic E-state index is 12.7. The van der Waals surface area contributed by atoms with E-state index in [0.29, 0.717) is 6.42 Å². The minimum atomic E-state index is -1.59. The molecule has 6 atom stereocenters. The van der Waals surface area contributed by atoms with E-state index in [9.17, 15) is 30.0 Å². The minimum absolute atomic E-state index is 0.214. The second-order valence-electron chi connectivity index (χ2n) is 15.2. The highest BCUT2D eigenvalue weighted by Crippen LogP contribution is 2.23. The molecule has 4 N–H and O–H groups in total. The Kier molecular flexibility index (Phi) is 32.6. The normalized spacial score (nSPS) is 20.9. The highest BCUT2D eigenvalue weighted by atomic mass is 16.7. The number of carbonyl (C=O) groups excluding carboxylic acids is 2. The van der Waals surface area contributed by atoms with Gasteiger partial charge < -0.3 is 39.4 Å². The van der Waals surface area contributed by atoms with Crippen LogP contribution < -0.4 is 0 Å². The summed E-state index contributed by atoms with van der Waals surface area (Å²) in [7, 11) is 0. The minimum Gasteiger partial charge on any atom is -0.462 e. The molecule has 0 unspecified atom stereocenters. The van der Waals surface area contributed by atoms with Crippen molar-refractivity contribution in [3.05, 3.63) is 12.2 Å². The fourth-order valence-electron chi connectivity index (χ4n) is 6.65. The van der Waals surface area contributed by atoms with Gasteiger partial charge >= 0.3 is 11.9 Å². The predicted octanol–water partition coefficient (Wildman–Crippen LogP) is 8.78. The van der Waals surface area contributed by atoms with E-state index in [-0.39, 0.29) is 32.0 Å². The summed E-state index contributed by atoms with van der Waals surface area (Å²) in [6.07, 6.45) is 27.8. The molecule has 0 amide bonds. The Bertz CT molecular complexity index is 881. The third kappa shape index (κ3) is 26.8. The monoisotopic (exact) mass is 757 g/mol. The number of rotatable bonds is 36.